The summed E-state index contributed by atoms with van der Waals surface area (Å²) in [5.74, 6) is 0.648. The van der Waals surface area contributed by atoms with Crippen LogP contribution in [-0.4, -0.2) is 19.7 Å². The predicted molar refractivity (Wildman–Crippen MR) is 64.2 cm³/mol. The first-order chi connectivity index (χ1) is 8.27. The van der Waals surface area contributed by atoms with E-state index in [1.807, 2.05) is 30.3 Å². The van der Waals surface area contributed by atoms with Crippen molar-refractivity contribution in [3.8, 4) is 5.69 Å². The van der Waals surface area contributed by atoms with Crippen molar-refractivity contribution in [2.75, 3.05) is 0 Å². The zero-order chi connectivity index (χ0) is 11.8. The number of nitrogens with one attached hydrogen (secondary N) is 1. The lowest BCUT2D eigenvalue weighted by Gasteiger charge is -2.08. The summed E-state index contributed by atoms with van der Waals surface area (Å²) in [6.07, 6.45) is 1.55. The number of H-pyrrole nitrogens is 1. The molecule has 0 aliphatic carbocycles. The Bertz CT molecular complexity index is 727. The molecular weight excluding hydrogens is 216 g/mol. The van der Waals surface area contributed by atoms with Gasteiger partial charge in [-0.2, -0.15) is 5.10 Å². The lowest BCUT2D eigenvalue weighted by atomic mass is 10.3. The van der Waals surface area contributed by atoms with Crippen LogP contribution in [0.15, 0.2) is 41.3 Å². The van der Waals surface area contributed by atoms with Gasteiger partial charge < -0.3 is 0 Å². The Balaban J connectivity index is 2.40. The number of rotatable bonds is 1. The summed E-state index contributed by atoms with van der Waals surface area (Å²) in [7, 11) is 0. The van der Waals surface area contributed by atoms with Gasteiger partial charge in [-0.05, 0) is 19.1 Å². The van der Waals surface area contributed by atoms with E-state index in [0.29, 0.717) is 16.9 Å². The fourth-order valence-corrected chi connectivity index (χ4v) is 1.89. The Hall–Kier alpha value is -2.43. The summed E-state index contributed by atoms with van der Waals surface area (Å²) in [5, 5.41) is 6.52. The number of aromatic amines is 1. The minimum atomic E-state index is -0.129. The highest BCUT2D eigenvalue weighted by molar-refractivity contribution is 5.72. The van der Waals surface area contributed by atoms with Gasteiger partial charge in [0, 0.05) is 0 Å². The highest BCUT2D eigenvalue weighted by Crippen LogP contribution is 2.09. The van der Waals surface area contributed by atoms with Crippen LogP contribution in [0.2, 0.25) is 0 Å². The Morgan fingerprint density at radius 1 is 1.24 bits per heavy atom. The van der Waals surface area contributed by atoms with E-state index in [9.17, 15) is 4.79 Å². The van der Waals surface area contributed by atoms with Crippen molar-refractivity contribution in [3.05, 3.63) is 52.7 Å². The van der Waals surface area contributed by atoms with Crippen molar-refractivity contribution in [1.82, 2.24) is 19.7 Å². The standard InChI is InChI=1S/C12H10N4O/c1-8-14-10-7-13-15-11(10)12(17)16(8)9-5-3-2-4-6-9/h2-7H,1H3,(H,13,15). The molecule has 0 saturated carbocycles. The lowest BCUT2D eigenvalue weighted by Crippen LogP contribution is -2.22. The van der Waals surface area contributed by atoms with Gasteiger partial charge in [-0.3, -0.25) is 14.5 Å². The van der Waals surface area contributed by atoms with Crippen LogP contribution in [0.3, 0.4) is 0 Å². The van der Waals surface area contributed by atoms with Crippen LogP contribution in [0.4, 0.5) is 0 Å². The molecule has 2 heterocycles. The molecule has 0 unspecified atom stereocenters. The Kier molecular flexibility index (Phi) is 2.04. The molecule has 0 atom stereocenters. The molecule has 3 rings (SSSR count). The maximum atomic E-state index is 12.3. The van der Waals surface area contributed by atoms with Gasteiger partial charge in [-0.25, -0.2) is 4.98 Å². The van der Waals surface area contributed by atoms with Crippen molar-refractivity contribution in [3.63, 3.8) is 0 Å². The van der Waals surface area contributed by atoms with E-state index in [1.54, 1.807) is 17.7 Å². The van der Waals surface area contributed by atoms with Crippen molar-refractivity contribution < 1.29 is 0 Å². The smallest absolute Gasteiger partial charge is 0.271 e. The monoisotopic (exact) mass is 226 g/mol. The highest BCUT2D eigenvalue weighted by Gasteiger charge is 2.10. The molecule has 2 aromatic heterocycles. The van der Waals surface area contributed by atoms with Gasteiger partial charge in [-0.15, -0.1) is 0 Å². The maximum Gasteiger partial charge on any atom is 0.284 e. The molecule has 0 aliphatic heterocycles. The average Bonchev–Trinajstić information content (AvgIpc) is 2.78. The number of hydrogen-bond acceptors (Lipinski definition) is 3. The normalized spacial score (nSPS) is 10.9. The third kappa shape index (κ3) is 1.44. The molecule has 5 nitrogen and oxygen atoms in total. The molecule has 0 spiro atoms. The first-order valence-corrected chi connectivity index (χ1v) is 5.25. The fourth-order valence-electron chi connectivity index (χ4n) is 1.89. The lowest BCUT2D eigenvalue weighted by molar-refractivity contribution is 0.891. The topological polar surface area (TPSA) is 63.6 Å². The summed E-state index contributed by atoms with van der Waals surface area (Å²) < 4.78 is 1.57. The van der Waals surface area contributed by atoms with E-state index in [-0.39, 0.29) is 5.56 Å². The molecule has 0 aliphatic rings. The molecule has 5 heteroatoms. The quantitative estimate of drug-likeness (QED) is 0.682. The molecule has 0 radical (unpaired) electrons. The Labute approximate surface area is 96.7 Å². The second-order valence-corrected chi connectivity index (χ2v) is 3.77. The number of para-hydroxylation sites is 1. The van der Waals surface area contributed by atoms with Gasteiger partial charge in [0.25, 0.3) is 5.56 Å². The minimum Gasteiger partial charge on any atom is -0.271 e. The van der Waals surface area contributed by atoms with E-state index in [1.165, 1.54) is 0 Å². The second kappa shape index (κ2) is 3.55. The summed E-state index contributed by atoms with van der Waals surface area (Å²) >= 11 is 0. The van der Waals surface area contributed by atoms with E-state index < -0.39 is 0 Å². The number of hydrogen-bond donors (Lipinski definition) is 1. The number of aryl methyl sites for hydroxylation is 1. The SMILES string of the molecule is Cc1nc2cn[nH]c2c(=O)n1-c1ccccc1. The van der Waals surface area contributed by atoms with Crippen LogP contribution < -0.4 is 5.56 Å². The largest absolute Gasteiger partial charge is 0.284 e. The van der Waals surface area contributed by atoms with Gasteiger partial charge >= 0.3 is 0 Å². The zero-order valence-corrected chi connectivity index (χ0v) is 9.21. The van der Waals surface area contributed by atoms with Crippen molar-refractivity contribution >= 4 is 11.0 Å². The first kappa shape index (κ1) is 9.77. The molecule has 0 amide bonds. The average molecular weight is 226 g/mol. The molecule has 84 valence electrons. The molecular formula is C12H10N4O. The third-order valence-electron chi connectivity index (χ3n) is 2.66. The van der Waals surface area contributed by atoms with Gasteiger partial charge in [-0.1, -0.05) is 18.2 Å². The summed E-state index contributed by atoms with van der Waals surface area (Å²) in [6, 6.07) is 9.43. The number of aromatic nitrogens is 4. The highest BCUT2D eigenvalue weighted by atomic mass is 16.1. The van der Waals surface area contributed by atoms with Gasteiger partial charge in [0.2, 0.25) is 0 Å². The van der Waals surface area contributed by atoms with Gasteiger partial charge in [0.1, 0.15) is 16.9 Å². The fraction of sp³-hybridized carbons (Fsp3) is 0.0833. The predicted octanol–water partition coefficient (Wildman–Crippen LogP) is 1.42. The molecule has 1 N–H and O–H groups in total. The molecule has 17 heavy (non-hydrogen) atoms. The van der Waals surface area contributed by atoms with Crippen molar-refractivity contribution in [2.24, 2.45) is 0 Å². The van der Waals surface area contributed by atoms with Crippen LogP contribution in [0, 0.1) is 6.92 Å². The van der Waals surface area contributed by atoms with E-state index in [4.69, 9.17) is 0 Å². The second-order valence-electron chi connectivity index (χ2n) is 3.77. The van der Waals surface area contributed by atoms with Crippen LogP contribution in [0.1, 0.15) is 5.82 Å². The Morgan fingerprint density at radius 2 is 2.00 bits per heavy atom. The van der Waals surface area contributed by atoms with E-state index in [2.05, 4.69) is 15.2 Å². The van der Waals surface area contributed by atoms with Crippen LogP contribution in [0.5, 0.6) is 0 Å². The molecule has 1 aromatic carbocycles. The maximum absolute atomic E-state index is 12.3. The molecule has 0 bridgehead atoms. The molecule has 0 fully saturated rings. The van der Waals surface area contributed by atoms with Gasteiger partial charge in [0.15, 0.2) is 0 Å². The van der Waals surface area contributed by atoms with Crippen molar-refractivity contribution in [2.45, 2.75) is 6.92 Å². The number of fused-ring (bicyclic) bond motifs is 1. The van der Waals surface area contributed by atoms with E-state index >= 15 is 0 Å². The number of nitrogens with zero attached hydrogens (tertiary/aromatic N) is 3. The number of benzene rings is 1. The van der Waals surface area contributed by atoms with Crippen molar-refractivity contribution in [1.29, 1.82) is 0 Å². The summed E-state index contributed by atoms with van der Waals surface area (Å²) in [4.78, 5) is 16.6. The Morgan fingerprint density at radius 3 is 2.76 bits per heavy atom. The minimum absolute atomic E-state index is 0.129. The first-order valence-electron chi connectivity index (χ1n) is 5.25. The van der Waals surface area contributed by atoms with Crippen LogP contribution in [0.25, 0.3) is 16.7 Å². The van der Waals surface area contributed by atoms with E-state index in [0.717, 1.165) is 5.69 Å². The van der Waals surface area contributed by atoms with Gasteiger partial charge in [0.05, 0.1) is 11.9 Å². The summed E-state index contributed by atoms with van der Waals surface area (Å²) in [6.45, 7) is 1.81. The zero-order valence-electron chi connectivity index (χ0n) is 9.21. The third-order valence-corrected chi connectivity index (χ3v) is 2.66. The summed E-state index contributed by atoms with van der Waals surface area (Å²) in [5.41, 5.74) is 1.70. The van der Waals surface area contributed by atoms with Crippen LogP contribution in [-0.2, 0) is 0 Å². The molecule has 3 aromatic rings. The molecule has 0 saturated heterocycles. The van der Waals surface area contributed by atoms with Crippen LogP contribution >= 0.6 is 0 Å².